The van der Waals surface area contributed by atoms with Gasteiger partial charge in [0, 0.05) is 29.3 Å². The van der Waals surface area contributed by atoms with Gasteiger partial charge in [-0.25, -0.2) is 9.59 Å². The average Bonchev–Trinajstić information content (AvgIpc) is 2.84. The number of nitrogens with zero attached hydrogens (tertiary/aromatic N) is 2. The first-order valence-corrected chi connectivity index (χ1v) is 13.2. The fraction of sp³-hybridized carbons (Fsp3) is 0.517. The molecule has 11 heteroatoms. The molecule has 1 amide bonds. The molecule has 2 rings (SSSR count). The van der Waals surface area contributed by atoms with Gasteiger partial charge in [-0.05, 0) is 90.1 Å². The monoisotopic (exact) mass is 560 g/mol. The highest BCUT2D eigenvalue weighted by molar-refractivity contribution is 5.88. The number of amides is 1. The van der Waals surface area contributed by atoms with Crippen LogP contribution in [0.5, 0.6) is 0 Å². The number of benzene rings is 2. The van der Waals surface area contributed by atoms with Crippen molar-refractivity contribution in [3.05, 3.63) is 48.5 Å². The van der Waals surface area contributed by atoms with E-state index in [1.807, 2.05) is 37.8 Å². The largest absolute Gasteiger partial charge is 0.510 e. The summed E-state index contributed by atoms with van der Waals surface area (Å²) in [5.74, 6) is 0. The van der Waals surface area contributed by atoms with Crippen LogP contribution in [-0.4, -0.2) is 69.7 Å². The van der Waals surface area contributed by atoms with Crippen molar-refractivity contribution in [1.82, 2.24) is 0 Å². The third kappa shape index (κ3) is 12.9. The molecule has 0 fully saturated rings. The standard InChI is InChI=1S/C29H44N4O7/c1-28(2,3)39-26(34)33(25-13-9-23(31)10-14-25)16-18-37-20-19-36-17-15-32(24-11-7-22(30)8-12-24)21-38-27(35)40-29(4,5)6/h7-14H,15-21,30-31H2,1-6H3. The number of hydrogen-bond donors (Lipinski definition) is 2. The van der Waals surface area contributed by atoms with E-state index in [-0.39, 0.29) is 13.3 Å². The van der Waals surface area contributed by atoms with Crippen molar-refractivity contribution in [2.75, 3.05) is 67.5 Å². The topological polar surface area (TPSA) is 139 Å². The summed E-state index contributed by atoms with van der Waals surface area (Å²) in [6.45, 7) is 12.8. The molecule has 0 aliphatic rings. The number of hydrogen-bond acceptors (Lipinski definition) is 10. The minimum Gasteiger partial charge on any atom is -0.443 e. The maximum Gasteiger partial charge on any atom is 0.510 e. The molecule has 0 spiro atoms. The van der Waals surface area contributed by atoms with Crippen molar-refractivity contribution in [2.45, 2.75) is 52.7 Å². The second-order valence-corrected chi connectivity index (χ2v) is 11.0. The van der Waals surface area contributed by atoms with Gasteiger partial charge in [-0.2, -0.15) is 0 Å². The van der Waals surface area contributed by atoms with E-state index in [0.29, 0.717) is 50.0 Å². The summed E-state index contributed by atoms with van der Waals surface area (Å²) in [7, 11) is 0. The Labute approximate surface area is 237 Å². The molecule has 4 N–H and O–H groups in total. The summed E-state index contributed by atoms with van der Waals surface area (Å²) in [4.78, 5) is 28.1. The van der Waals surface area contributed by atoms with Crippen LogP contribution in [-0.2, 0) is 23.7 Å². The lowest BCUT2D eigenvalue weighted by molar-refractivity contribution is -0.00791. The number of rotatable bonds is 13. The van der Waals surface area contributed by atoms with E-state index in [0.717, 1.165) is 5.69 Å². The van der Waals surface area contributed by atoms with Gasteiger partial charge < -0.3 is 40.1 Å². The number of nitrogens with two attached hydrogens (primary N) is 2. The van der Waals surface area contributed by atoms with Crippen molar-refractivity contribution in [2.24, 2.45) is 0 Å². The molecular formula is C29H44N4O7. The zero-order valence-electron chi connectivity index (χ0n) is 24.5. The van der Waals surface area contributed by atoms with Crippen LogP contribution in [0.1, 0.15) is 41.5 Å². The molecule has 0 aliphatic heterocycles. The minimum absolute atomic E-state index is 0.00960. The second kappa shape index (κ2) is 15.2. The summed E-state index contributed by atoms with van der Waals surface area (Å²) < 4.78 is 27.5. The van der Waals surface area contributed by atoms with Crippen molar-refractivity contribution >= 4 is 35.0 Å². The maximum atomic E-state index is 12.8. The Morgan fingerprint density at radius 3 is 1.65 bits per heavy atom. The number of carbonyl (C=O) groups excluding carboxylic acids is 2. The summed E-state index contributed by atoms with van der Waals surface area (Å²) >= 11 is 0. The second-order valence-electron chi connectivity index (χ2n) is 11.0. The molecule has 11 nitrogen and oxygen atoms in total. The van der Waals surface area contributed by atoms with Crippen LogP contribution < -0.4 is 21.3 Å². The summed E-state index contributed by atoms with van der Waals surface area (Å²) in [5, 5.41) is 0. The molecule has 0 bridgehead atoms. The van der Waals surface area contributed by atoms with Crippen molar-refractivity contribution in [1.29, 1.82) is 0 Å². The predicted octanol–water partition coefficient (Wildman–Crippen LogP) is 5.04. The SMILES string of the molecule is CC(C)(C)OC(=O)OCN(CCOCCOCCN(C(=O)OC(C)(C)C)c1ccc(N)cc1)c1ccc(N)cc1. The van der Waals surface area contributed by atoms with E-state index in [2.05, 4.69) is 0 Å². The van der Waals surface area contributed by atoms with Gasteiger partial charge >= 0.3 is 12.2 Å². The lowest BCUT2D eigenvalue weighted by Gasteiger charge is -2.27. The quantitative estimate of drug-likeness (QED) is 0.148. The molecule has 0 aromatic heterocycles. The van der Waals surface area contributed by atoms with Crippen LogP contribution >= 0.6 is 0 Å². The zero-order valence-corrected chi connectivity index (χ0v) is 24.5. The number of anilines is 4. The summed E-state index contributed by atoms with van der Waals surface area (Å²) in [5.41, 5.74) is 13.0. The first-order chi connectivity index (χ1) is 18.7. The van der Waals surface area contributed by atoms with E-state index in [1.165, 1.54) is 4.90 Å². The fourth-order valence-corrected chi connectivity index (χ4v) is 3.31. The Bertz CT molecular complexity index is 1050. The minimum atomic E-state index is -0.748. The Hall–Kier alpha value is -3.70. The molecule has 0 unspecified atom stereocenters. The summed E-state index contributed by atoms with van der Waals surface area (Å²) in [6.07, 6.45) is -1.21. The van der Waals surface area contributed by atoms with Crippen LogP contribution in [0.3, 0.4) is 0 Å². The van der Waals surface area contributed by atoms with Crippen molar-refractivity contribution in [3.8, 4) is 0 Å². The number of ether oxygens (including phenoxy) is 5. The normalized spacial score (nSPS) is 11.6. The van der Waals surface area contributed by atoms with Crippen LogP contribution in [0.15, 0.2) is 48.5 Å². The predicted molar refractivity (Wildman–Crippen MR) is 156 cm³/mol. The molecule has 2 aromatic carbocycles. The molecule has 222 valence electrons. The van der Waals surface area contributed by atoms with Crippen LogP contribution in [0.4, 0.5) is 32.3 Å². The van der Waals surface area contributed by atoms with E-state index in [1.54, 1.807) is 57.2 Å². The molecule has 40 heavy (non-hydrogen) atoms. The van der Waals surface area contributed by atoms with Gasteiger partial charge in [0.15, 0.2) is 6.73 Å². The number of nitrogen functional groups attached to an aromatic ring is 2. The third-order valence-electron chi connectivity index (χ3n) is 5.14. The molecule has 0 radical (unpaired) electrons. The molecule has 0 saturated carbocycles. The van der Waals surface area contributed by atoms with Gasteiger partial charge in [0.1, 0.15) is 11.2 Å². The van der Waals surface area contributed by atoms with Gasteiger partial charge in [-0.1, -0.05) is 0 Å². The van der Waals surface area contributed by atoms with Gasteiger partial charge in [0.25, 0.3) is 0 Å². The molecule has 0 aliphatic carbocycles. The average molecular weight is 561 g/mol. The molecular weight excluding hydrogens is 516 g/mol. The van der Waals surface area contributed by atoms with Crippen molar-refractivity contribution in [3.63, 3.8) is 0 Å². The van der Waals surface area contributed by atoms with E-state index >= 15 is 0 Å². The molecule has 2 aromatic rings. The first kappa shape index (κ1) is 32.5. The Kier molecular flexibility index (Phi) is 12.3. The van der Waals surface area contributed by atoms with Crippen LogP contribution in [0.2, 0.25) is 0 Å². The highest BCUT2D eigenvalue weighted by Gasteiger charge is 2.23. The van der Waals surface area contributed by atoms with E-state index in [4.69, 9.17) is 35.2 Å². The highest BCUT2D eigenvalue weighted by Crippen LogP contribution is 2.20. The highest BCUT2D eigenvalue weighted by atomic mass is 16.7. The van der Waals surface area contributed by atoms with Crippen molar-refractivity contribution < 1.29 is 33.3 Å². The number of carbonyl (C=O) groups is 2. The van der Waals surface area contributed by atoms with Crippen LogP contribution in [0.25, 0.3) is 0 Å². The van der Waals surface area contributed by atoms with Crippen LogP contribution in [0, 0.1) is 0 Å². The first-order valence-electron chi connectivity index (χ1n) is 13.2. The Morgan fingerprint density at radius 1 is 0.675 bits per heavy atom. The maximum absolute atomic E-state index is 12.8. The van der Waals surface area contributed by atoms with Gasteiger partial charge in [0.2, 0.25) is 0 Å². The smallest absolute Gasteiger partial charge is 0.443 e. The molecule has 0 heterocycles. The van der Waals surface area contributed by atoms with Gasteiger partial charge in [-0.15, -0.1) is 0 Å². The zero-order chi connectivity index (χ0) is 29.8. The van der Waals surface area contributed by atoms with Gasteiger partial charge in [0.05, 0.1) is 33.0 Å². The fourth-order valence-electron chi connectivity index (χ4n) is 3.31. The van der Waals surface area contributed by atoms with Gasteiger partial charge in [-0.3, -0.25) is 4.90 Å². The van der Waals surface area contributed by atoms with E-state index in [9.17, 15) is 9.59 Å². The molecule has 0 saturated heterocycles. The third-order valence-corrected chi connectivity index (χ3v) is 5.14. The Morgan fingerprint density at radius 2 is 1.15 bits per heavy atom. The molecule has 0 atom stereocenters. The lowest BCUT2D eigenvalue weighted by atomic mass is 10.2. The summed E-state index contributed by atoms with van der Waals surface area (Å²) in [6, 6.07) is 14.2. The Balaban J connectivity index is 1.79. The van der Waals surface area contributed by atoms with E-state index < -0.39 is 23.5 Å². The lowest BCUT2D eigenvalue weighted by Crippen LogP contribution is -2.39.